The first-order valence-electron chi connectivity index (χ1n) is 8.35. The molecule has 1 aromatic carbocycles. The van der Waals surface area contributed by atoms with Crippen LogP contribution < -0.4 is 5.32 Å². The third-order valence-corrected chi connectivity index (χ3v) is 4.48. The number of halogens is 1. The largest absolute Gasteiger partial charge is 0.348 e. The smallest absolute Gasteiger partial charge is 0.317 e. The number of carbonyl (C=O) groups is 1. The van der Waals surface area contributed by atoms with Crippen molar-refractivity contribution in [2.45, 2.75) is 39.0 Å². The zero-order valence-corrected chi connectivity index (χ0v) is 14.8. The fourth-order valence-corrected chi connectivity index (χ4v) is 2.96. The number of rotatable bonds is 6. The van der Waals surface area contributed by atoms with Crippen molar-refractivity contribution in [1.82, 2.24) is 10.2 Å². The van der Waals surface area contributed by atoms with Crippen molar-refractivity contribution in [2.24, 2.45) is 5.92 Å². The first-order valence-corrected chi connectivity index (χ1v) is 8.35. The molecule has 2 rings (SSSR count). The predicted molar refractivity (Wildman–Crippen MR) is 90.1 cm³/mol. The summed E-state index contributed by atoms with van der Waals surface area (Å²) in [5.41, 5.74) is 0.503. The normalized spacial score (nSPS) is 18.9. The van der Waals surface area contributed by atoms with Crippen LogP contribution in [0.5, 0.6) is 0 Å². The van der Waals surface area contributed by atoms with Gasteiger partial charge in [-0.1, -0.05) is 25.1 Å². The van der Waals surface area contributed by atoms with Crippen LogP contribution in [0.1, 0.15) is 38.8 Å². The number of nitrogens with one attached hydrogen (secondary N) is 1. The Labute approximate surface area is 143 Å². The van der Waals surface area contributed by atoms with Crippen LogP contribution in [0.15, 0.2) is 24.3 Å². The third kappa shape index (κ3) is 4.68. The lowest BCUT2D eigenvalue weighted by atomic mass is 10.0. The highest BCUT2D eigenvalue weighted by Gasteiger charge is 2.32. The zero-order chi connectivity index (χ0) is 17.7. The highest BCUT2D eigenvalue weighted by molar-refractivity contribution is 5.74. The summed E-state index contributed by atoms with van der Waals surface area (Å²) < 4.78 is 25.0. The first kappa shape index (κ1) is 18.7. The highest BCUT2D eigenvalue weighted by Crippen LogP contribution is 2.26. The van der Waals surface area contributed by atoms with Crippen LogP contribution in [-0.4, -0.2) is 43.5 Å². The molecule has 1 aliphatic heterocycles. The minimum Gasteiger partial charge on any atom is -0.348 e. The van der Waals surface area contributed by atoms with Gasteiger partial charge in [0, 0.05) is 25.6 Å². The molecule has 0 saturated carbocycles. The molecular weight excluding hydrogens is 311 g/mol. The first-order chi connectivity index (χ1) is 11.3. The Hall–Kier alpha value is -1.66. The Morgan fingerprint density at radius 3 is 2.58 bits per heavy atom. The molecule has 2 amide bonds. The second kappa shape index (κ2) is 7.94. The summed E-state index contributed by atoms with van der Waals surface area (Å²) in [6.45, 7) is 7.50. The number of carbonyl (C=O) groups excluding carboxylic acids is 1. The van der Waals surface area contributed by atoms with Crippen molar-refractivity contribution in [3.8, 4) is 0 Å². The fourth-order valence-electron chi connectivity index (χ4n) is 2.96. The molecule has 1 N–H and O–H groups in total. The third-order valence-electron chi connectivity index (χ3n) is 4.48. The average Bonchev–Trinajstić information content (AvgIpc) is 2.97. The van der Waals surface area contributed by atoms with Gasteiger partial charge in [-0.15, -0.1) is 0 Å². The Bertz CT molecular complexity index is 561. The molecule has 0 aliphatic carbocycles. The van der Waals surface area contributed by atoms with Crippen LogP contribution in [0.4, 0.5) is 9.18 Å². The van der Waals surface area contributed by atoms with Crippen molar-refractivity contribution < 1.29 is 18.7 Å². The topological polar surface area (TPSA) is 50.8 Å². The molecule has 0 bridgehead atoms. The van der Waals surface area contributed by atoms with Crippen LogP contribution in [0.25, 0.3) is 0 Å². The molecule has 0 spiro atoms. The molecule has 2 unspecified atom stereocenters. The van der Waals surface area contributed by atoms with Crippen molar-refractivity contribution in [3.05, 3.63) is 35.6 Å². The molecule has 24 heavy (non-hydrogen) atoms. The predicted octanol–water partition coefficient (Wildman–Crippen LogP) is 3.32. The second-order valence-corrected chi connectivity index (χ2v) is 6.63. The van der Waals surface area contributed by atoms with Gasteiger partial charge in [0.15, 0.2) is 5.79 Å². The van der Waals surface area contributed by atoms with E-state index in [9.17, 15) is 9.18 Å². The van der Waals surface area contributed by atoms with Gasteiger partial charge in [0.1, 0.15) is 5.82 Å². The number of hydrogen-bond acceptors (Lipinski definition) is 3. The summed E-state index contributed by atoms with van der Waals surface area (Å²) in [6.07, 6.45) is 0.708. The molecule has 2 atom stereocenters. The lowest BCUT2D eigenvalue weighted by molar-refractivity contribution is -0.153. The van der Waals surface area contributed by atoms with E-state index in [1.54, 1.807) is 25.2 Å². The van der Waals surface area contributed by atoms with Gasteiger partial charge in [0.05, 0.1) is 19.3 Å². The van der Waals surface area contributed by atoms with E-state index in [1.165, 1.54) is 11.0 Å². The van der Waals surface area contributed by atoms with Crippen molar-refractivity contribution >= 4 is 6.03 Å². The molecular formula is C18H27FN2O3. The summed E-state index contributed by atoms with van der Waals surface area (Å²) in [7, 11) is 1.67. The summed E-state index contributed by atoms with van der Waals surface area (Å²) >= 11 is 0. The van der Waals surface area contributed by atoms with E-state index in [4.69, 9.17) is 9.47 Å². The molecule has 5 nitrogen and oxygen atoms in total. The van der Waals surface area contributed by atoms with Crippen LogP contribution in [0.3, 0.4) is 0 Å². The van der Waals surface area contributed by atoms with E-state index >= 15 is 0 Å². The second-order valence-electron chi connectivity index (χ2n) is 6.63. The van der Waals surface area contributed by atoms with Crippen LogP contribution in [-0.2, 0) is 9.47 Å². The van der Waals surface area contributed by atoms with Crippen molar-refractivity contribution in [3.63, 3.8) is 0 Å². The van der Waals surface area contributed by atoms with Gasteiger partial charge in [-0.2, -0.15) is 0 Å². The van der Waals surface area contributed by atoms with E-state index in [2.05, 4.69) is 5.32 Å². The Kier molecular flexibility index (Phi) is 6.18. The standard InChI is InChI=1S/C18H27FN2O3/c1-13(11-18(3)23-9-10-24-18)12-20-17(22)21(4)14(2)15-7-5-6-8-16(15)19/h5-8,13-14H,9-12H2,1-4H3,(H,20,22). The van der Waals surface area contributed by atoms with E-state index < -0.39 is 5.79 Å². The number of nitrogens with zero attached hydrogens (tertiary/aromatic N) is 1. The summed E-state index contributed by atoms with van der Waals surface area (Å²) in [5.74, 6) is -0.660. The van der Waals surface area contributed by atoms with Gasteiger partial charge in [0.2, 0.25) is 0 Å². The lowest BCUT2D eigenvalue weighted by Crippen LogP contribution is -2.41. The number of amides is 2. The molecule has 1 aromatic rings. The van der Waals surface area contributed by atoms with Gasteiger partial charge in [-0.3, -0.25) is 0 Å². The Morgan fingerprint density at radius 2 is 1.96 bits per heavy atom. The maximum atomic E-state index is 13.9. The van der Waals surface area contributed by atoms with Gasteiger partial charge >= 0.3 is 6.03 Å². The molecule has 0 radical (unpaired) electrons. The highest BCUT2D eigenvalue weighted by atomic mass is 19.1. The molecule has 134 valence electrons. The fraction of sp³-hybridized carbons (Fsp3) is 0.611. The van der Waals surface area contributed by atoms with E-state index in [-0.39, 0.29) is 23.8 Å². The average molecular weight is 338 g/mol. The quantitative estimate of drug-likeness (QED) is 0.866. The Morgan fingerprint density at radius 1 is 1.33 bits per heavy atom. The molecule has 0 aromatic heterocycles. The Balaban J connectivity index is 1.84. The number of benzene rings is 1. The van der Waals surface area contributed by atoms with Gasteiger partial charge in [0.25, 0.3) is 0 Å². The van der Waals surface area contributed by atoms with Gasteiger partial charge in [-0.25, -0.2) is 9.18 Å². The summed E-state index contributed by atoms with van der Waals surface area (Å²) in [5, 5.41) is 2.90. The summed E-state index contributed by atoms with van der Waals surface area (Å²) in [6, 6.07) is 5.94. The lowest BCUT2D eigenvalue weighted by Gasteiger charge is -2.28. The monoisotopic (exact) mass is 338 g/mol. The molecule has 1 heterocycles. The number of hydrogen-bond donors (Lipinski definition) is 1. The molecule has 1 aliphatic rings. The number of ether oxygens (including phenoxy) is 2. The van der Waals surface area contributed by atoms with Crippen molar-refractivity contribution in [2.75, 3.05) is 26.8 Å². The molecule has 1 fully saturated rings. The van der Waals surface area contributed by atoms with Gasteiger partial charge in [-0.05, 0) is 25.8 Å². The minimum absolute atomic E-state index is 0.203. The van der Waals surface area contributed by atoms with E-state index in [1.807, 2.05) is 20.8 Å². The van der Waals surface area contributed by atoms with Gasteiger partial charge < -0.3 is 19.7 Å². The maximum Gasteiger partial charge on any atom is 0.317 e. The van der Waals surface area contributed by atoms with E-state index in [0.717, 1.165) is 0 Å². The zero-order valence-electron chi connectivity index (χ0n) is 14.8. The molecule has 1 saturated heterocycles. The summed E-state index contributed by atoms with van der Waals surface area (Å²) in [4.78, 5) is 13.8. The van der Waals surface area contributed by atoms with E-state index in [0.29, 0.717) is 31.7 Å². The minimum atomic E-state index is -0.559. The van der Waals surface area contributed by atoms with Crippen LogP contribution in [0, 0.1) is 11.7 Å². The SMILES string of the molecule is CC(CNC(=O)N(C)C(C)c1ccccc1F)CC1(C)OCCO1. The van der Waals surface area contributed by atoms with Crippen LogP contribution in [0.2, 0.25) is 0 Å². The molecule has 6 heteroatoms. The maximum absolute atomic E-state index is 13.9. The van der Waals surface area contributed by atoms with Crippen molar-refractivity contribution in [1.29, 1.82) is 0 Å². The number of urea groups is 1. The van der Waals surface area contributed by atoms with Crippen LogP contribution >= 0.6 is 0 Å².